The molecule has 2 N–H and O–H groups in total. The molecule has 1 heterocycles. The van der Waals surface area contributed by atoms with Gasteiger partial charge in [-0.2, -0.15) is 4.98 Å². The van der Waals surface area contributed by atoms with Crippen LogP contribution in [0.3, 0.4) is 0 Å². The fraction of sp³-hybridized carbons (Fsp3) is 0.556. The summed E-state index contributed by atoms with van der Waals surface area (Å²) in [6.07, 6.45) is 1.52. The highest BCUT2D eigenvalue weighted by molar-refractivity contribution is 6.32. The van der Waals surface area contributed by atoms with E-state index in [4.69, 9.17) is 17.3 Å². The van der Waals surface area contributed by atoms with E-state index >= 15 is 0 Å². The third kappa shape index (κ3) is 2.73. The van der Waals surface area contributed by atoms with Crippen molar-refractivity contribution in [1.82, 2.24) is 9.97 Å². The average molecular weight is 215 g/mol. The van der Waals surface area contributed by atoms with Crippen LogP contribution in [0.5, 0.6) is 0 Å². The number of hydrogen-bond donors (Lipinski definition) is 1. The van der Waals surface area contributed by atoms with Crippen molar-refractivity contribution in [3.63, 3.8) is 0 Å². The number of nitrogens with zero attached hydrogens (tertiary/aromatic N) is 3. The Labute approximate surface area is 89.1 Å². The highest BCUT2D eigenvalue weighted by Crippen LogP contribution is 2.22. The zero-order valence-corrected chi connectivity index (χ0v) is 9.41. The molecule has 0 amide bonds. The van der Waals surface area contributed by atoms with Crippen molar-refractivity contribution in [2.45, 2.75) is 13.8 Å². The average Bonchev–Trinajstić information content (AvgIpc) is 2.08. The molecule has 0 saturated carbocycles. The Morgan fingerprint density at radius 2 is 2.21 bits per heavy atom. The number of aromatic nitrogens is 2. The number of nitrogens with two attached hydrogens (primary N) is 1. The molecule has 78 valence electrons. The lowest BCUT2D eigenvalue weighted by Gasteiger charge is -2.21. The normalized spacial score (nSPS) is 10.6. The molecule has 0 atom stereocenters. The van der Waals surface area contributed by atoms with E-state index in [1.54, 1.807) is 0 Å². The van der Waals surface area contributed by atoms with Crippen molar-refractivity contribution in [1.29, 1.82) is 0 Å². The minimum atomic E-state index is 0.250. The van der Waals surface area contributed by atoms with E-state index in [1.165, 1.54) is 6.20 Å². The first-order valence-corrected chi connectivity index (χ1v) is 4.87. The van der Waals surface area contributed by atoms with E-state index in [0.29, 0.717) is 16.8 Å². The maximum atomic E-state index is 5.95. The van der Waals surface area contributed by atoms with E-state index in [2.05, 4.69) is 23.8 Å². The van der Waals surface area contributed by atoms with Gasteiger partial charge in [0.15, 0.2) is 5.82 Å². The number of rotatable bonds is 3. The second-order valence-corrected chi connectivity index (χ2v) is 4.08. The first-order valence-electron chi connectivity index (χ1n) is 4.50. The zero-order valence-electron chi connectivity index (χ0n) is 8.66. The SMILES string of the molecule is CC(C)CN(C)c1nc(N)ncc1Cl. The summed E-state index contributed by atoms with van der Waals surface area (Å²) in [7, 11) is 1.94. The minimum Gasteiger partial charge on any atom is -0.368 e. The molecule has 0 radical (unpaired) electrons. The maximum Gasteiger partial charge on any atom is 0.222 e. The summed E-state index contributed by atoms with van der Waals surface area (Å²) in [6.45, 7) is 5.15. The Morgan fingerprint density at radius 1 is 1.57 bits per heavy atom. The van der Waals surface area contributed by atoms with Crippen molar-refractivity contribution in [2.24, 2.45) is 5.92 Å². The molecule has 1 aromatic heterocycles. The van der Waals surface area contributed by atoms with Gasteiger partial charge in [0.25, 0.3) is 0 Å². The highest BCUT2D eigenvalue weighted by Gasteiger charge is 2.10. The third-order valence-corrected chi connectivity index (χ3v) is 2.01. The lowest BCUT2D eigenvalue weighted by molar-refractivity contribution is 0.634. The molecule has 0 aliphatic rings. The predicted molar refractivity (Wildman–Crippen MR) is 59.6 cm³/mol. The van der Waals surface area contributed by atoms with E-state index in [-0.39, 0.29) is 5.95 Å². The van der Waals surface area contributed by atoms with Crippen LogP contribution in [0.1, 0.15) is 13.8 Å². The molecule has 0 unspecified atom stereocenters. The van der Waals surface area contributed by atoms with Gasteiger partial charge < -0.3 is 10.6 Å². The van der Waals surface area contributed by atoms with Crippen LogP contribution in [0.4, 0.5) is 11.8 Å². The molecule has 0 saturated heterocycles. The summed E-state index contributed by atoms with van der Waals surface area (Å²) in [5.41, 5.74) is 5.49. The number of hydrogen-bond acceptors (Lipinski definition) is 4. The molecular weight excluding hydrogens is 200 g/mol. The topological polar surface area (TPSA) is 55.0 Å². The van der Waals surface area contributed by atoms with Gasteiger partial charge in [0.1, 0.15) is 5.02 Å². The van der Waals surface area contributed by atoms with Gasteiger partial charge in [0.2, 0.25) is 5.95 Å². The van der Waals surface area contributed by atoms with Crippen LogP contribution in [-0.4, -0.2) is 23.6 Å². The lowest BCUT2D eigenvalue weighted by Crippen LogP contribution is -2.24. The Hall–Kier alpha value is -1.03. The lowest BCUT2D eigenvalue weighted by atomic mass is 10.2. The van der Waals surface area contributed by atoms with Gasteiger partial charge in [-0.15, -0.1) is 0 Å². The summed E-state index contributed by atoms with van der Waals surface area (Å²) >= 11 is 5.95. The molecule has 1 rings (SSSR count). The molecule has 0 bridgehead atoms. The van der Waals surface area contributed by atoms with Gasteiger partial charge in [0.05, 0.1) is 6.20 Å². The largest absolute Gasteiger partial charge is 0.368 e. The molecule has 0 aliphatic heterocycles. The molecule has 1 aromatic rings. The predicted octanol–water partition coefficient (Wildman–Crippen LogP) is 1.80. The second-order valence-electron chi connectivity index (χ2n) is 3.67. The van der Waals surface area contributed by atoms with E-state index < -0.39 is 0 Å². The Bertz CT molecular complexity index is 314. The Morgan fingerprint density at radius 3 is 2.79 bits per heavy atom. The van der Waals surface area contributed by atoms with Crippen LogP contribution in [0.15, 0.2) is 6.20 Å². The fourth-order valence-electron chi connectivity index (χ4n) is 1.27. The van der Waals surface area contributed by atoms with E-state index in [1.807, 2.05) is 11.9 Å². The van der Waals surface area contributed by atoms with Crippen molar-refractivity contribution < 1.29 is 0 Å². The molecule has 14 heavy (non-hydrogen) atoms. The molecule has 0 fully saturated rings. The molecule has 0 aliphatic carbocycles. The highest BCUT2D eigenvalue weighted by atomic mass is 35.5. The van der Waals surface area contributed by atoms with Gasteiger partial charge in [-0.1, -0.05) is 25.4 Å². The fourth-order valence-corrected chi connectivity index (χ4v) is 1.51. The molecule has 5 heteroatoms. The Kier molecular flexibility index (Phi) is 3.52. The van der Waals surface area contributed by atoms with Crippen LogP contribution < -0.4 is 10.6 Å². The summed E-state index contributed by atoms with van der Waals surface area (Å²) in [5.74, 6) is 1.49. The zero-order chi connectivity index (χ0) is 10.7. The summed E-state index contributed by atoms with van der Waals surface area (Å²) in [6, 6.07) is 0. The maximum absolute atomic E-state index is 5.95. The molecular formula is C9H15ClN4. The Balaban J connectivity index is 2.88. The third-order valence-electron chi connectivity index (χ3n) is 1.74. The summed E-state index contributed by atoms with van der Waals surface area (Å²) < 4.78 is 0. The van der Waals surface area contributed by atoms with E-state index in [9.17, 15) is 0 Å². The number of halogens is 1. The second kappa shape index (κ2) is 4.46. The van der Waals surface area contributed by atoms with Crippen molar-refractivity contribution in [3.05, 3.63) is 11.2 Å². The quantitative estimate of drug-likeness (QED) is 0.834. The van der Waals surface area contributed by atoms with Crippen LogP contribution in [0.2, 0.25) is 5.02 Å². The number of anilines is 2. The van der Waals surface area contributed by atoms with Gasteiger partial charge in [-0.05, 0) is 5.92 Å². The summed E-state index contributed by atoms with van der Waals surface area (Å²) in [4.78, 5) is 9.87. The smallest absolute Gasteiger partial charge is 0.222 e. The van der Waals surface area contributed by atoms with Gasteiger partial charge in [-0.3, -0.25) is 0 Å². The molecule has 0 spiro atoms. The van der Waals surface area contributed by atoms with Crippen molar-refractivity contribution in [3.8, 4) is 0 Å². The van der Waals surface area contributed by atoms with Crippen molar-refractivity contribution >= 4 is 23.4 Å². The monoisotopic (exact) mass is 214 g/mol. The minimum absolute atomic E-state index is 0.250. The van der Waals surface area contributed by atoms with Gasteiger partial charge in [-0.25, -0.2) is 4.98 Å². The van der Waals surface area contributed by atoms with Crippen molar-refractivity contribution in [2.75, 3.05) is 24.2 Å². The first kappa shape index (κ1) is 11.0. The first-order chi connectivity index (χ1) is 6.50. The summed E-state index contributed by atoms with van der Waals surface area (Å²) in [5, 5.41) is 0.530. The van der Waals surface area contributed by atoms with Crippen LogP contribution in [0, 0.1) is 5.92 Å². The molecule has 4 nitrogen and oxygen atoms in total. The van der Waals surface area contributed by atoms with E-state index in [0.717, 1.165) is 6.54 Å². The van der Waals surface area contributed by atoms with Gasteiger partial charge in [0, 0.05) is 13.6 Å². The van der Waals surface area contributed by atoms with Gasteiger partial charge >= 0.3 is 0 Å². The number of nitrogen functional groups attached to an aromatic ring is 1. The van der Waals surface area contributed by atoms with Crippen LogP contribution >= 0.6 is 11.6 Å². The van der Waals surface area contributed by atoms with Crippen LogP contribution in [-0.2, 0) is 0 Å². The van der Waals surface area contributed by atoms with Crippen LogP contribution in [0.25, 0.3) is 0 Å². The molecule has 0 aromatic carbocycles. The standard InChI is InChI=1S/C9H15ClN4/c1-6(2)5-14(3)8-7(10)4-12-9(11)13-8/h4,6H,5H2,1-3H3,(H2,11,12,13).